The maximum Gasteiger partial charge on any atom is 0.167 e. The van der Waals surface area contributed by atoms with Gasteiger partial charge in [-0.2, -0.15) is 0 Å². The zero-order chi connectivity index (χ0) is 16.2. The number of aliphatic hydroxyl groups is 5. The van der Waals surface area contributed by atoms with E-state index >= 15 is 0 Å². The van der Waals surface area contributed by atoms with Crippen LogP contribution in [0.4, 0.5) is 0 Å². The number of hydrogen-bond acceptors (Lipinski definition) is 6. The lowest BCUT2D eigenvalue weighted by Gasteiger charge is -2.52. The number of ketones is 1. The summed E-state index contributed by atoms with van der Waals surface area (Å²) in [5.41, 5.74) is -6.62. The lowest BCUT2D eigenvalue weighted by atomic mass is 9.63. The molecule has 0 unspecified atom stereocenters. The highest BCUT2D eigenvalue weighted by Crippen LogP contribution is 2.43. The summed E-state index contributed by atoms with van der Waals surface area (Å²) in [7, 11) is 0. The van der Waals surface area contributed by atoms with Crippen LogP contribution in [0.3, 0.4) is 0 Å². The SMILES string of the molecule is CCC(=O)[C@](O)(CC)[C@](O)(CC)[C@@](O)(CC)[C@H](O)CO. The molecule has 0 heterocycles. The van der Waals surface area contributed by atoms with Crippen molar-refractivity contribution in [3.05, 3.63) is 0 Å². The van der Waals surface area contributed by atoms with Gasteiger partial charge in [0.15, 0.2) is 11.4 Å². The van der Waals surface area contributed by atoms with Crippen molar-refractivity contribution in [3.8, 4) is 0 Å². The topological polar surface area (TPSA) is 118 Å². The molecule has 0 aromatic rings. The Balaban J connectivity index is 6.07. The van der Waals surface area contributed by atoms with Crippen LogP contribution in [0.5, 0.6) is 0 Å². The van der Waals surface area contributed by atoms with Crippen molar-refractivity contribution in [2.24, 2.45) is 0 Å². The Hall–Kier alpha value is -0.530. The first-order valence-electron chi connectivity index (χ1n) is 7.14. The van der Waals surface area contributed by atoms with Gasteiger partial charge < -0.3 is 25.5 Å². The largest absolute Gasteiger partial charge is 0.394 e. The van der Waals surface area contributed by atoms with Crippen LogP contribution in [0.25, 0.3) is 0 Å². The molecule has 0 aromatic heterocycles. The summed E-state index contributed by atoms with van der Waals surface area (Å²) in [6.45, 7) is 5.30. The van der Waals surface area contributed by atoms with Gasteiger partial charge in [0.25, 0.3) is 0 Å². The molecule has 0 amide bonds. The van der Waals surface area contributed by atoms with Crippen LogP contribution in [0, 0.1) is 0 Å². The third-order valence-electron chi connectivity index (χ3n) is 4.47. The molecule has 120 valence electrons. The van der Waals surface area contributed by atoms with E-state index in [2.05, 4.69) is 0 Å². The minimum atomic E-state index is -2.25. The Bertz CT molecular complexity index is 334. The maximum atomic E-state index is 12.1. The fourth-order valence-electron chi connectivity index (χ4n) is 2.92. The molecule has 0 saturated heterocycles. The standard InChI is InChI=1S/C14H28O6/c1-5-10(16)12(18,6-2)14(20,8-4)13(19,7-3)11(17)9-15/h11,15,17-20H,5-9H2,1-4H3/t11-,12-,13-,14-/m1/s1. The molecule has 0 aliphatic carbocycles. The van der Waals surface area contributed by atoms with Gasteiger partial charge in [-0.15, -0.1) is 0 Å². The predicted molar refractivity (Wildman–Crippen MR) is 74.1 cm³/mol. The Morgan fingerprint density at radius 3 is 1.75 bits per heavy atom. The van der Waals surface area contributed by atoms with Gasteiger partial charge in [-0.3, -0.25) is 4.79 Å². The molecular weight excluding hydrogens is 264 g/mol. The average Bonchev–Trinajstić information content (AvgIpc) is 2.49. The van der Waals surface area contributed by atoms with Gasteiger partial charge in [0.2, 0.25) is 0 Å². The third-order valence-corrected chi connectivity index (χ3v) is 4.47. The molecule has 6 nitrogen and oxygen atoms in total. The lowest BCUT2D eigenvalue weighted by molar-refractivity contribution is -0.273. The molecule has 0 rings (SSSR count). The van der Waals surface area contributed by atoms with Crippen LogP contribution >= 0.6 is 0 Å². The Labute approximate surface area is 120 Å². The second-order valence-corrected chi connectivity index (χ2v) is 5.18. The summed E-state index contributed by atoms with van der Waals surface area (Å²) in [4.78, 5) is 12.1. The molecular formula is C14H28O6. The number of carbonyl (C=O) groups is 1. The number of Topliss-reactive ketones (excluding diaryl/α,β-unsaturated/α-hetero) is 1. The minimum Gasteiger partial charge on any atom is -0.394 e. The van der Waals surface area contributed by atoms with Crippen molar-refractivity contribution in [3.63, 3.8) is 0 Å². The highest BCUT2D eigenvalue weighted by molar-refractivity contribution is 5.88. The van der Waals surface area contributed by atoms with Gasteiger partial charge in [0.05, 0.1) is 6.61 Å². The highest BCUT2D eigenvalue weighted by Gasteiger charge is 2.64. The van der Waals surface area contributed by atoms with E-state index in [1.165, 1.54) is 20.8 Å². The molecule has 4 atom stereocenters. The van der Waals surface area contributed by atoms with Crippen molar-refractivity contribution in [2.45, 2.75) is 76.3 Å². The van der Waals surface area contributed by atoms with E-state index in [1.807, 2.05) is 0 Å². The second kappa shape index (κ2) is 6.95. The van der Waals surface area contributed by atoms with E-state index in [0.29, 0.717) is 0 Å². The van der Waals surface area contributed by atoms with Gasteiger partial charge in [0.1, 0.15) is 17.3 Å². The Morgan fingerprint density at radius 1 is 1.00 bits per heavy atom. The molecule has 5 N–H and O–H groups in total. The smallest absolute Gasteiger partial charge is 0.167 e. The van der Waals surface area contributed by atoms with E-state index in [0.717, 1.165) is 0 Å². The van der Waals surface area contributed by atoms with E-state index in [4.69, 9.17) is 5.11 Å². The van der Waals surface area contributed by atoms with E-state index in [-0.39, 0.29) is 25.7 Å². The van der Waals surface area contributed by atoms with Crippen LogP contribution < -0.4 is 0 Å². The fourth-order valence-corrected chi connectivity index (χ4v) is 2.92. The first-order valence-corrected chi connectivity index (χ1v) is 7.14. The summed E-state index contributed by atoms with van der Waals surface area (Å²) >= 11 is 0. The molecule has 0 fully saturated rings. The first kappa shape index (κ1) is 19.5. The van der Waals surface area contributed by atoms with E-state index in [9.17, 15) is 25.2 Å². The summed E-state index contributed by atoms with van der Waals surface area (Å²) < 4.78 is 0. The highest BCUT2D eigenvalue weighted by atomic mass is 16.4. The lowest BCUT2D eigenvalue weighted by Crippen LogP contribution is -2.74. The minimum absolute atomic E-state index is 0.0122. The van der Waals surface area contributed by atoms with Crippen LogP contribution in [-0.2, 0) is 4.79 Å². The van der Waals surface area contributed by atoms with Crippen LogP contribution in [0.2, 0.25) is 0 Å². The van der Waals surface area contributed by atoms with Gasteiger partial charge in [0, 0.05) is 6.42 Å². The molecule has 0 radical (unpaired) electrons. The van der Waals surface area contributed by atoms with Crippen molar-refractivity contribution in [1.29, 1.82) is 0 Å². The van der Waals surface area contributed by atoms with Crippen LogP contribution in [0.1, 0.15) is 53.4 Å². The van der Waals surface area contributed by atoms with Crippen LogP contribution in [-0.4, -0.2) is 60.8 Å². The van der Waals surface area contributed by atoms with E-state index in [1.54, 1.807) is 6.92 Å². The van der Waals surface area contributed by atoms with Gasteiger partial charge in [-0.25, -0.2) is 0 Å². The molecule has 0 aliphatic heterocycles. The average molecular weight is 292 g/mol. The van der Waals surface area contributed by atoms with Gasteiger partial charge in [-0.05, 0) is 19.3 Å². The normalized spacial score (nSPS) is 22.4. The molecule has 0 spiro atoms. The summed E-state index contributed by atoms with van der Waals surface area (Å²) in [5, 5.41) is 51.2. The molecule has 0 aliphatic rings. The molecule has 0 aromatic carbocycles. The zero-order valence-electron chi connectivity index (χ0n) is 12.8. The number of carbonyl (C=O) groups excluding carboxylic acids is 1. The van der Waals surface area contributed by atoms with Crippen molar-refractivity contribution >= 4 is 5.78 Å². The Morgan fingerprint density at radius 2 is 1.50 bits per heavy atom. The summed E-state index contributed by atoms with van der Waals surface area (Å²) in [5.74, 6) is -0.610. The van der Waals surface area contributed by atoms with Gasteiger partial charge >= 0.3 is 0 Å². The van der Waals surface area contributed by atoms with Crippen molar-refractivity contribution in [2.75, 3.05) is 6.61 Å². The summed E-state index contributed by atoms with van der Waals surface area (Å²) in [6.07, 6.45) is -2.06. The second-order valence-electron chi connectivity index (χ2n) is 5.18. The van der Waals surface area contributed by atoms with Crippen LogP contribution in [0.15, 0.2) is 0 Å². The van der Waals surface area contributed by atoms with Crippen molar-refractivity contribution in [1.82, 2.24) is 0 Å². The maximum absolute atomic E-state index is 12.1. The predicted octanol–water partition coefficient (Wildman–Crippen LogP) is -0.258. The number of rotatable bonds is 9. The zero-order valence-corrected chi connectivity index (χ0v) is 12.8. The summed E-state index contributed by atoms with van der Waals surface area (Å²) in [6, 6.07) is 0. The number of hydrogen-bond donors (Lipinski definition) is 5. The molecule has 0 bridgehead atoms. The fraction of sp³-hybridized carbons (Fsp3) is 0.929. The Kier molecular flexibility index (Phi) is 6.77. The molecule has 0 saturated carbocycles. The van der Waals surface area contributed by atoms with E-state index < -0.39 is 35.3 Å². The molecule has 20 heavy (non-hydrogen) atoms. The molecule has 6 heteroatoms. The number of aliphatic hydroxyl groups excluding tert-OH is 2. The first-order chi connectivity index (χ1) is 9.14. The van der Waals surface area contributed by atoms with Gasteiger partial charge in [-0.1, -0.05) is 27.7 Å². The monoisotopic (exact) mass is 292 g/mol. The quantitative estimate of drug-likeness (QED) is 0.400. The third kappa shape index (κ3) is 2.63. The van der Waals surface area contributed by atoms with Crippen molar-refractivity contribution < 1.29 is 30.3 Å².